The zero-order valence-electron chi connectivity index (χ0n) is 11.9. The van der Waals surface area contributed by atoms with Crippen molar-refractivity contribution in [3.8, 4) is 0 Å². The molecule has 0 radical (unpaired) electrons. The Morgan fingerprint density at radius 1 is 1.23 bits per heavy atom. The van der Waals surface area contributed by atoms with Crippen molar-refractivity contribution in [3.63, 3.8) is 0 Å². The van der Waals surface area contributed by atoms with Gasteiger partial charge in [-0.3, -0.25) is 0 Å². The number of rotatable bonds is 4. The highest BCUT2D eigenvalue weighted by Gasteiger charge is 2.35. The van der Waals surface area contributed by atoms with Crippen LogP contribution >= 0.6 is 0 Å². The van der Waals surface area contributed by atoms with Gasteiger partial charge in [-0.2, -0.15) is 0 Å². The van der Waals surface area contributed by atoms with Crippen LogP contribution < -0.4 is 0 Å². The highest BCUT2D eigenvalue weighted by molar-refractivity contribution is 5.87. The van der Waals surface area contributed by atoms with Crippen LogP contribution in [-0.4, -0.2) is 40.1 Å². The highest BCUT2D eigenvalue weighted by Crippen LogP contribution is 2.29. The number of carbonyl (C=O) groups excluding carboxylic acids is 1. The average molecular weight is 300 g/mol. The lowest BCUT2D eigenvalue weighted by Crippen LogP contribution is -2.48. The van der Waals surface area contributed by atoms with Gasteiger partial charge in [0.25, 0.3) is 0 Å². The zero-order valence-corrected chi connectivity index (χ0v) is 11.9. The van der Waals surface area contributed by atoms with Crippen molar-refractivity contribution >= 4 is 12.1 Å². The molecule has 0 aliphatic carbocycles. The first-order chi connectivity index (χ1) is 10.6. The van der Waals surface area contributed by atoms with Crippen molar-refractivity contribution in [1.29, 1.82) is 0 Å². The van der Waals surface area contributed by atoms with Crippen LogP contribution in [0.4, 0.5) is 4.79 Å². The predicted molar refractivity (Wildman–Crippen MR) is 78.7 cm³/mol. The van der Waals surface area contributed by atoms with E-state index in [9.17, 15) is 9.59 Å². The molecule has 1 fully saturated rings. The molecule has 1 amide bonds. The lowest BCUT2D eigenvalue weighted by atomic mass is 9.92. The van der Waals surface area contributed by atoms with Crippen LogP contribution in [0.5, 0.6) is 0 Å². The molecule has 2 N–H and O–H groups in total. The second-order valence-corrected chi connectivity index (χ2v) is 5.26. The lowest BCUT2D eigenvalue weighted by Gasteiger charge is -2.38. The van der Waals surface area contributed by atoms with Crippen LogP contribution in [0.25, 0.3) is 0 Å². The second kappa shape index (κ2) is 5.93. The van der Waals surface area contributed by atoms with Crippen LogP contribution in [0, 0.1) is 0 Å². The van der Waals surface area contributed by atoms with E-state index in [0.29, 0.717) is 13.1 Å². The van der Waals surface area contributed by atoms with Crippen molar-refractivity contribution in [3.05, 3.63) is 59.4 Å². The molecule has 1 aliphatic rings. The number of likely N-dealkylation sites (tertiary alicyclic amines) is 1. The summed E-state index contributed by atoms with van der Waals surface area (Å²) in [7, 11) is 0. The Morgan fingerprint density at radius 3 is 2.64 bits per heavy atom. The Labute approximate surface area is 127 Å². The van der Waals surface area contributed by atoms with Gasteiger partial charge < -0.3 is 19.7 Å². The third-order valence-electron chi connectivity index (χ3n) is 3.78. The largest absolute Gasteiger partial charge is 0.477 e. The molecule has 3 rings (SSSR count). The third kappa shape index (κ3) is 2.81. The number of carboxylic acid groups (broad SMARTS) is 1. The number of nitrogens with zero attached hydrogens (tertiary/aromatic N) is 1. The van der Waals surface area contributed by atoms with E-state index in [2.05, 4.69) is 4.98 Å². The smallest absolute Gasteiger partial charge is 0.410 e. The number of ether oxygens (including phenoxy) is 1. The number of aromatic amines is 1. The quantitative estimate of drug-likeness (QED) is 0.908. The molecule has 1 saturated heterocycles. The van der Waals surface area contributed by atoms with Crippen LogP contribution in [0.15, 0.2) is 42.6 Å². The maximum atomic E-state index is 11.9. The molecule has 22 heavy (non-hydrogen) atoms. The van der Waals surface area contributed by atoms with E-state index in [0.717, 1.165) is 11.1 Å². The maximum absolute atomic E-state index is 11.9. The predicted octanol–water partition coefficient (Wildman–Crippen LogP) is 2.45. The molecule has 2 aromatic rings. The normalized spacial score (nSPS) is 14.5. The van der Waals surface area contributed by atoms with Gasteiger partial charge in [0.05, 0.1) is 0 Å². The molecular weight excluding hydrogens is 284 g/mol. The van der Waals surface area contributed by atoms with Gasteiger partial charge in [-0.05, 0) is 17.2 Å². The van der Waals surface area contributed by atoms with E-state index < -0.39 is 5.97 Å². The molecular formula is C16H16N2O4. The number of nitrogens with one attached hydrogen (secondary N) is 1. The number of benzene rings is 1. The van der Waals surface area contributed by atoms with E-state index >= 15 is 0 Å². The van der Waals surface area contributed by atoms with E-state index in [1.54, 1.807) is 17.2 Å². The number of carbonyl (C=O) groups is 2. The maximum Gasteiger partial charge on any atom is 0.410 e. The van der Waals surface area contributed by atoms with Gasteiger partial charge in [0.1, 0.15) is 12.3 Å². The molecule has 1 aromatic heterocycles. The minimum atomic E-state index is -0.981. The molecule has 6 nitrogen and oxygen atoms in total. The Bertz CT molecular complexity index is 674. The van der Waals surface area contributed by atoms with Crippen molar-refractivity contribution in [1.82, 2.24) is 9.88 Å². The summed E-state index contributed by atoms with van der Waals surface area (Å²) in [5.41, 5.74) is 1.87. The summed E-state index contributed by atoms with van der Waals surface area (Å²) < 4.78 is 5.24. The van der Waals surface area contributed by atoms with Crippen molar-refractivity contribution in [2.24, 2.45) is 0 Å². The van der Waals surface area contributed by atoms with Gasteiger partial charge in [-0.15, -0.1) is 0 Å². The van der Waals surface area contributed by atoms with E-state index in [-0.39, 0.29) is 24.3 Å². The summed E-state index contributed by atoms with van der Waals surface area (Å²) in [5, 5.41) is 9.07. The minimum absolute atomic E-state index is 0.0432. The van der Waals surface area contributed by atoms with Gasteiger partial charge in [-0.1, -0.05) is 30.3 Å². The van der Waals surface area contributed by atoms with Gasteiger partial charge in [-0.25, -0.2) is 9.59 Å². The molecule has 114 valence electrons. The van der Waals surface area contributed by atoms with Crippen LogP contribution in [0.3, 0.4) is 0 Å². The molecule has 0 unspecified atom stereocenters. The standard InChI is InChI=1S/C16H16N2O4/c19-15(20)14-13(6-7-17-14)12-8-18(9-12)16(21)22-10-11-4-2-1-3-5-11/h1-7,12,17H,8-10H2,(H,19,20). The average Bonchev–Trinajstić information content (AvgIpc) is 2.94. The number of aromatic carboxylic acids is 1. The van der Waals surface area contributed by atoms with Gasteiger partial charge in [0, 0.05) is 25.2 Å². The van der Waals surface area contributed by atoms with Crippen molar-refractivity contribution < 1.29 is 19.4 Å². The Balaban J connectivity index is 1.51. The van der Waals surface area contributed by atoms with Crippen LogP contribution in [0.1, 0.15) is 27.5 Å². The summed E-state index contributed by atoms with van der Waals surface area (Å²) >= 11 is 0. The SMILES string of the molecule is O=C(O)c1[nH]ccc1C1CN(C(=O)OCc2ccccc2)C1. The highest BCUT2D eigenvalue weighted by atomic mass is 16.6. The number of aromatic nitrogens is 1. The summed E-state index contributed by atoms with van der Waals surface area (Å²) in [6.45, 7) is 1.20. The van der Waals surface area contributed by atoms with E-state index in [1.807, 2.05) is 30.3 Å². The third-order valence-corrected chi connectivity index (χ3v) is 3.78. The van der Waals surface area contributed by atoms with Crippen molar-refractivity contribution in [2.45, 2.75) is 12.5 Å². The first kappa shape index (κ1) is 14.2. The fourth-order valence-corrected chi connectivity index (χ4v) is 2.54. The van der Waals surface area contributed by atoms with Crippen LogP contribution in [-0.2, 0) is 11.3 Å². The Kier molecular flexibility index (Phi) is 3.82. The van der Waals surface area contributed by atoms with Gasteiger partial charge >= 0.3 is 12.1 Å². The first-order valence-corrected chi connectivity index (χ1v) is 7.01. The molecule has 0 atom stereocenters. The monoisotopic (exact) mass is 300 g/mol. The minimum Gasteiger partial charge on any atom is -0.477 e. The summed E-state index contributed by atoms with van der Waals surface area (Å²) in [6, 6.07) is 11.2. The molecule has 1 aromatic carbocycles. The summed E-state index contributed by atoms with van der Waals surface area (Å²) in [5.74, 6) is -0.938. The Hall–Kier alpha value is -2.76. The van der Waals surface area contributed by atoms with Gasteiger partial charge in [0.2, 0.25) is 0 Å². The first-order valence-electron chi connectivity index (χ1n) is 7.01. The molecule has 0 spiro atoms. The van der Waals surface area contributed by atoms with E-state index in [4.69, 9.17) is 9.84 Å². The molecule has 6 heteroatoms. The number of carboxylic acids is 1. The number of H-pyrrole nitrogens is 1. The second-order valence-electron chi connectivity index (χ2n) is 5.26. The number of amides is 1. The molecule has 0 saturated carbocycles. The molecule has 1 aliphatic heterocycles. The molecule has 2 heterocycles. The fourth-order valence-electron chi connectivity index (χ4n) is 2.54. The van der Waals surface area contributed by atoms with Crippen molar-refractivity contribution in [2.75, 3.05) is 13.1 Å². The topological polar surface area (TPSA) is 82.6 Å². The summed E-state index contributed by atoms with van der Waals surface area (Å²) in [4.78, 5) is 27.3. The lowest BCUT2D eigenvalue weighted by molar-refractivity contribution is 0.0645. The van der Waals surface area contributed by atoms with Crippen LogP contribution in [0.2, 0.25) is 0 Å². The van der Waals surface area contributed by atoms with E-state index in [1.165, 1.54) is 0 Å². The summed E-state index contributed by atoms with van der Waals surface area (Å²) in [6.07, 6.45) is 1.24. The fraction of sp³-hybridized carbons (Fsp3) is 0.250. The van der Waals surface area contributed by atoms with Gasteiger partial charge in [0.15, 0.2) is 0 Å². The Morgan fingerprint density at radius 2 is 1.95 bits per heavy atom. The number of hydrogen-bond donors (Lipinski definition) is 2. The zero-order chi connectivity index (χ0) is 15.5. The number of hydrogen-bond acceptors (Lipinski definition) is 3. The molecule has 0 bridgehead atoms.